The van der Waals surface area contributed by atoms with Gasteiger partial charge in [-0.25, -0.2) is 24.9 Å². The van der Waals surface area contributed by atoms with Gasteiger partial charge in [-0.1, -0.05) is 18.2 Å². The predicted octanol–water partition coefficient (Wildman–Crippen LogP) is 3.08. The second kappa shape index (κ2) is 10.0. The number of fused-ring (bicyclic) bond motifs is 2. The molecule has 1 aliphatic heterocycles. The van der Waals surface area contributed by atoms with Crippen molar-refractivity contribution in [1.82, 2.24) is 34.7 Å². The summed E-state index contributed by atoms with van der Waals surface area (Å²) in [5, 5.41) is 5.37. The first-order chi connectivity index (χ1) is 18.3. The van der Waals surface area contributed by atoms with Crippen molar-refractivity contribution < 1.29 is 9.47 Å². The van der Waals surface area contributed by atoms with Crippen molar-refractivity contribution in [3.8, 4) is 29.4 Å². The highest BCUT2D eigenvalue weighted by Crippen LogP contribution is 2.28. The summed E-state index contributed by atoms with van der Waals surface area (Å²) in [4.78, 5) is 24.7. The third kappa shape index (κ3) is 4.80. The molecule has 1 aromatic carbocycles. The molecule has 182 valence electrons. The first kappa shape index (κ1) is 22.6. The summed E-state index contributed by atoms with van der Waals surface area (Å²) in [6.45, 7) is 2.29. The summed E-state index contributed by atoms with van der Waals surface area (Å²) in [6.07, 6.45) is 7.03. The summed E-state index contributed by atoms with van der Waals surface area (Å²) >= 11 is 0. The van der Waals surface area contributed by atoms with Crippen molar-refractivity contribution >= 4 is 16.9 Å². The second-order valence-corrected chi connectivity index (χ2v) is 8.35. The van der Waals surface area contributed by atoms with Crippen LogP contribution in [0.5, 0.6) is 5.88 Å². The average Bonchev–Trinajstić information content (AvgIpc) is 3.56. The molecule has 0 spiro atoms. The average molecular weight is 491 g/mol. The molecule has 0 fully saturated rings. The maximum atomic E-state index is 5.65. The molecular formula is C27H22N8O2. The van der Waals surface area contributed by atoms with E-state index in [0.717, 1.165) is 22.0 Å². The molecule has 10 nitrogen and oxygen atoms in total. The van der Waals surface area contributed by atoms with E-state index in [1.807, 2.05) is 36.5 Å². The summed E-state index contributed by atoms with van der Waals surface area (Å²) in [6, 6.07) is 16.5. The molecule has 0 radical (unpaired) electrons. The number of nitrogens with zero attached hydrogens (tertiary/aromatic N) is 8. The van der Waals surface area contributed by atoms with Crippen LogP contribution in [0.3, 0.4) is 0 Å². The van der Waals surface area contributed by atoms with Crippen LogP contribution in [-0.4, -0.2) is 55.0 Å². The first-order valence-electron chi connectivity index (χ1n) is 11.7. The Kier molecular flexibility index (Phi) is 6.10. The Hall–Kier alpha value is -4.88. The molecular weight excluding hydrogens is 468 g/mol. The lowest BCUT2D eigenvalue weighted by Crippen LogP contribution is -2.17. The largest absolute Gasteiger partial charge is 0.475 e. The highest BCUT2D eigenvalue weighted by Gasteiger charge is 2.23. The van der Waals surface area contributed by atoms with Crippen molar-refractivity contribution in [3.63, 3.8) is 0 Å². The van der Waals surface area contributed by atoms with E-state index < -0.39 is 0 Å². The highest BCUT2D eigenvalue weighted by atomic mass is 16.5. The Labute approximate surface area is 213 Å². The summed E-state index contributed by atoms with van der Waals surface area (Å²) in [7, 11) is 1.64. The molecule has 37 heavy (non-hydrogen) atoms. The van der Waals surface area contributed by atoms with Crippen LogP contribution in [0, 0.1) is 12.0 Å². The van der Waals surface area contributed by atoms with Gasteiger partial charge >= 0.3 is 0 Å². The molecule has 0 bridgehead atoms. The topological polar surface area (TPSA) is 104 Å². The number of benzene rings is 1. The maximum Gasteiger partial charge on any atom is 0.226 e. The van der Waals surface area contributed by atoms with E-state index in [-0.39, 0.29) is 0 Å². The SMILES string of the molecule is COCCOc1cc2c(cn1)CN(c1nccc(-c3nccc(C#Cn4ncc5ccccc54)n3)n1)C2. The standard InChI is InChI=1S/C27H22N8O2/c1-36-12-13-37-25-14-20-17-34(18-21(20)15-30-25)27-29-10-7-23(33-27)26-28-9-6-22(32-26)8-11-35-24-5-3-2-4-19(24)16-31-35/h2-7,9-10,14-16H,12-13,17-18H2,1H3. The molecule has 0 unspecified atom stereocenters. The normalized spacial score (nSPS) is 12.3. The smallest absolute Gasteiger partial charge is 0.226 e. The summed E-state index contributed by atoms with van der Waals surface area (Å²) in [5.41, 5.74) is 4.39. The predicted molar refractivity (Wildman–Crippen MR) is 137 cm³/mol. The minimum absolute atomic E-state index is 0.457. The molecule has 10 heteroatoms. The Balaban J connectivity index is 1.20. The van der Waals surface area contributed by atoms with Gasteiger partial charge in [0.05, 0.1) is 18.3 Å². The van der Waals surface area contributed by atoms with Gasteiger partial charge in [-0.05, 0) is 35.2 Å². The van der Waals surface area contributed by atoms with Gasteiger partial charge in [0.25, 0.3) is 0 Å². The first-order valence-corrected chi connectivity index (χ1v) is 11.7. The Bertz CT molecular complexity index is 1640. The minimum atomic E-state index is 0.457. The Morgan fingerprint density at radius 2 is 1.81 bits per heavy atom. The number of aromatic nitrogens is 7. The van der Waals surface area contributed by atoms with Gasteiger partial charge in [0.2, 0.25) is 11.8 Å². The second-order valence-electron chi connectivity index (χ2n) is 8.35. The number of anilines is 1. The van der Waals surface area contributed by atoms with E-state index in [2.05, 4.69) is 41.9 Å². The molecule has 0 atom stereocenters. The number of methoxy groups -OCH3 is 1. The van der Waals surface area contributed by atoms with Crippen LogP contribution in [0.1, 0.15) is 16.8 Å². The van der Waals surface area contributed by atoms with E-state index >= 15 is 0 Å². The van der Waals surface area contributed by atoms with Gasteiger partial charge < -0.3 is 14.4 Å². The number of ether oxygens (including phenoxy) is 2. The van der Waals surface area contributed by atoms with Crippen molar-refractivity contribution in [2.24, 2.45) is 0 Å². The lowest BCUT2D eigenvalue weighted by molar-refractivity contribution is 0.143. The van der Waals surface area contributed by atoms with Crippen LogP contribution in [0.4, 0.5) is 5.95 Å². The molecule has 0 aliphatic carbocycles. The van der Waals surface area contributed by atoms with Crippen LogP contribution >= 0.6 is 0 Å². The fourth-order valence-electron chi connectivity index (χ4n) is 4.06. The molecule has 6 rings (SSSR count). The van der Waals surface area contributed by atoms with Gasteiger partial charge in [-0.3, -0.25) is 0 Å². The van der Waals surface area contributed by atoms with Crippen LogP contribution in [0.2, 0.25) is 0 Å². The molecule has 0 saturated carbocycles. The van der Waals surface area contributed by atoms with E-state index in [4.69, 9.17) is 14.5 Å². The third-order valence-electron chi connectivity index (χ3n) is 5.90. The van der Waals surface area contributed by atoms with E-state index in [9.17, 15) is 0 Å². The zero-order valence-corrected chi connectivity index (χ0v) is 20.1. The van der Waals surface area contributed by atoms with Crippen molar-refractivity contribution in [2.45, 2.75) is 13.1 Å². The van der Waals surface area contributed by atoms with Gasteiger partial charge in [-0.15, -0.1) is 0 Å². The molecule has 0 amide bonds. The molecule has 1 aliphatic rings. The van der Waals surface area contributed by atoms with Crippen molar-refractivity contribution in [1.29, 1.82) is 0 Å². The van der Waals surface area contributed by atoms with Crippen LogP contribution in [0.25, 0.3) is 22.4 Å². The zero-order valence-electron chi connectivity index (χ0n) is 20.1. The van der Waals surface area contributed by atoms with Gasteiger partial charge in [0, 0.05) is 56.3 Å². The molecule has 5 aromatic rings. The van der Waals surface area contributed by atoms with Crippen LogP contribution in [-0.2, 0) is 17.8 Å². The van der Waals surface area contributed by atoms with E-state index in [1.165, 1.54) is 0 Å². The van der Waals surface area contributed by atoms with Gasteiger partial charge in [0.1, 0.15) is 18.0 Å². The minimum Gasteiger partial charge on any atom is -0.475 e. The highest BCUT2D eigenvalue weighted by molar-refractivity contribution is 5.79. The lowest BCUT2D eigenvalue weighted by atomic mass is 10.2. The van der Waals surface area contributed by atoms with Crippen LogP contribution in [0.15, 0.2) is 67.3 Å². The van der Waals surface area contributed by atoms with E-state index in [0.29, 0.717) is 55.3 Å². The number of pyridine rings is 1. The number of hydrogen-bond donors (Lipinski definition) is 0. The zero-order chi connectivity index (χ0) is 25.0. The summed E-state index contributed by atoms with van der Waals surface area (Å²) in [5.74, 6) is 4.73. The fraction of sp³-hybridized carbons (Fsp3) is 0.185. The fourth-order valence-corrected chi connectivity index (χ4v) is 4.06. The van der Waals surface area contributed by atoms with Crippen molar-refractivity contribution in [3.05, 3.63) is 84.1 Å². The molecule has 0 saturated heterocycles. The third-order valence-corrected chi connectivity index (χ3v) is 5.90. The Morgan fingerprint density at radius 1 is 0.919 bits per heavy atom. The molecule has 0 N–H and O–H groups in total. The monoisotopic (exact) mass is 490 g/mol. The lowest BCUT2D eigenvalue weighted by Gasteiger charge is -2.15. The van der Waals surface area contributed by atoms with Crippen LogP contribution < -0.4 is 9.64 Å². The van der Waals surface area contributed by atoms with Gasteiger partial charge in [-0.2, -0.15) is 9.78 Å². The van der Waals surface area contributed by atoms with Crippen molar-refractivity contribution in [2.75, 3.05) is 25.2 Å². The maximum absolute atomic E-state index is 5.65. The molecule has 4 aromatic heterocycles. The summed E-state index contributed by atoms with van der Waals surface area (Å²) < 4.78 is 12.3. The number of hydrogen-bond acceptors (Lipinski definition) is 9. The quantitative estimate of drug-likeness (QED) is 0.262. The number of para-hydroxylation sites is 1. The Morgan fingerprint density at radius 3 is 2.76 bits per heavy atom. The molecule has 5 heterocycles. The number of rotatable bonds is 6. The van der Waals surface area contributed by atoms with E-state index in [1.54, 1.807) is 42.5 Å². The van der Waals surface area contributed by atoms with Gasteiger partial charge in [0.15, 0.2) is 5.82 Å².